The molecule has 0 unspecified atom stereocenters. The Morgan fingerprint density at radius 3 is 1.29 bits per heavy atom. The van der Waals surface area contributed by atoms with Gasteiger partial charge in [0, 0.05) is 17.8 Å². The van der Waals surface area contributed by atoms with E-state index in [0.717, 1.165) is 11.4 Å². The molecule has 0 fully saturated rings. The van der Waals surface area contributed by atoms with Gasteiger partial charge in [-0.25, -0.2) is 0 Å². The smallest absolute Gasteiger partial charge is 0.0625 e. The Bertz CT molecular complexity index is 575. The molecule has 2 rings (SSSR count). The maximum absolute atomic E-state index is 4.29. The van der Waals surface area contributed by atoms with E-state index in [9.17, 15) is 0 Å². The van der Waals surface area contributed by atoms with Crippen LogP contribution in [0.4, 0.5) is 11.4 Å². The predicted octanol–water partition coefficient (Wildman–Crippen LogP) is 5.46. The summed E-state index contributed by atoms with van der Waals surface area (Å²) in [6, 6.07) is 16.9. The lowest BCUT2D eigenvalue weighted by Gasteiger charge is -2.26. The molecular weight excluding hydrogens is 256 g/mol. The summed E-state index contributed by atoms with van der Waals surface area (Å²) in [5, 5.41) is 0. The molecule has 0 bridgehead atoms. The third-order valence-corrected chi connectivity index (χ3v) is 3.73. The summed E-state index contributed by atoms with van der Waals surface area (Å²) in [5.74, 6) is 0. The van der Waals surface area contributed by atoms with Gasteiger partial charge in [0.25, 0.3) is 0 Å². The molecule has 0 aromatic heterocycles. The fraction of sp³-hybridized carbons (Fsp3) is 0.263. The maximum Gasteiger partial charge on any atom is 0.0625 e. The lowest BCUT2D eigenvalue weighted by Crippen LogP contribution is -2.18. The average molecular weight is 278 g/mol. The standard InChI is InChI=1S/C19H22N2/c1-5-20-17-11-7-15(8-12-17)19(3,4)16-9-13-18(14-10-16)21-6-2/h5-14H,1-4H3. The minimum Gasteiger partial charge on any atom is -0.262 e. The number of hydrogen-bond acceptors (Lipinski definition) is 2. The van der Waals surface area contributed by atoms with Crippen molar-refractivity contribution in [2.75, 3.05) is 0 Å². The quantitative estimate of drug-likeness (QED) is 0.664. The van der Waals surface area contributed by atoms with Crippen LogP contribution in [0.15, 0.2) is 58.5 Å². The van der Waals surface area contributed by atoms with Gasteiger partial charge < -0.3 is 0 Å². The van der Waals surface area contributed by atoms with Gasteiger partial charge in [-0.3, -0.25) is 9.98 Å². The van der Waals surface area contributed by atoms with Crippen molar-refractivity contribution in [3.05, 3.63) is 59.7 Å². The van der Waals surface area contributed by atoms with E-state index in [1.807, 2.05) is 26.3 Å². The third-order valence-electron chi connectivity index (χ3n) is 3.73. The Hall–Kier alpha value is -2.22. The van der Waals surface area contributed by atoms with Crippen molar-refractivity contribution >= 4 is 23.8 Å². The summed E-state index contributed by atoms with van der Waals surface area (Å²) in [6.45, 7) is 8.34. The molecule has 2 aromatic carbocycles. The van der Waals surface area contributed by atoms with E-state index >= 15 is 0 Å². The first-order valence-corrected chi connectivity index (χ1v) is 7.26. The van der Waals surface area contributed by atoms with Crippen LogP contribution in [0.2, 0.25) is 0 Å². The van der Waals surface area contributed by atoms with E-state index in [4.69, 9.17) is 0 Å². The predicted molar refractivity (Wildman–Crippen MR) is 92.7 cm³/mol. The van der Waals surface area contributed by atoms with E-state index in [1.54, 1.807) is 0 Å². The van der Waals surface area contributed by atoms with Crippen molar-refractivity contribution in [1.29, 1.82) is 0 Å². The van der Waals surface area contributed by atoms with Gasteiger partial charge in [0.2, 0.25) is 0 Å². The first-order chi connectivity index (χ1) is 10.1. The number of aliphatic imine (C=N–C) groups is 2. The molecular formula is C19H22N2. The van der Waals surface area contributed by atoms with Gasteiger partial charge in [-0.2, -0.15) is 0 Å². The molecule has 2 aromatic rings. The third kappa shape index (κ3) is 3.46. The molecule has 0 amide bonds. The summed E-state index contributed by atoms with van der Waals surface area (Å²) >= 11 is 0. The van der Waals surface area contributed by atoms with Crippen molar-refractivity contribution in [2.24, 2.45) is 9.98 Å². The van der Waals surface area contributed by atoms with Crippen molar-refractivity contribution in [1.82, 2.24) is 0 Å². The largest absolute Gasteiger partial charge is 0.262 e. The Labute approximate surface area is 127 Å². The summed E-state index contributed by atoms with van der Waals surface area (Å²) in [5.41, 5.74) is 4.51. The van der Waals surface area contributed by atoms with Crippen molar-refractivity contribution in [3.8, 4) is 0 Å². The van der Waals surface area contributed by atoms with E-state index in [2.05, 4.69) is 72.4 Å². The molecule has 0 heterocycles. The highest BCUT2D eigenvalue weighted by Crippen LogP contribution is 2.33. The summed E-state index contributed by atoms with van der Waals surface area (Å²) < 4.78 is 0. The fourth-order valence-electron chi connectivity index (χ4n) is 2.39. The molecule has 2 nitrogen and oxygen atoms in total. The molecule has 0 saturated carbocycles. The van der Waals surface area contributed by atoms with Gasteiger partial charge in [-0.15, -0.1) is 0 Å². The number of benzene rings is 2. The average Bonchev–Trinajstić information content (AvgIpc) is 2.49. The van der Waals surface area contributed by atoms with Crippen LogP contribution in [0.3, 0.4) is 0 Å². The second-order valence-corrected chi connectivity index (χ2v) is 5.49. The maximum atomic E-state index is 4.29. The molecule has 0 atom stereocenters. The molecule has 0 aliphatic carbocycles. The minimum absolute atomic E-state index is 0.0388. The first-order valence-electron chi connectivity index (χ1n) is 7.26. The molecule has 0 saturated heterocycles. The minimum atomic E-state index is -0.0388. The van der Waals surface area contributed by atoms with Crippen LogP contribution in [0.5, 0.6) is 0 Å². The second kappa shape index (κ2) is 6.49. The zero-order valence-electron chi connectivity index (χ0n) is 13.2. The molecule has 108 valence electrons. The van der Waals surface area contributed by atoms with Gasteiger partial charge >= 0.3 is 0 Å². The van der Waals surface area contributed by atoms with Crippen molar-refractivity contribution < 1.29 is 0 Å². The van der Waals surface area contributed by atoms with Crippen LogP contribution in [0, 0.1) is 0 Å². The van der Waals surface area contributed by atoms with Crippen LogP contribution in [-0.2, 0) is 5.41 Å². The highest BCUT2D eigenvalue weighted by molar-refractivity contribution is 5.61. The van der Waals surface area contributed by atoms with Crippen molar-refractivity contribution in [3.63, 3.8) is 0 Å². The lowest BCUT2D eigenvalue weighted by molar-refractivity contribution is 0.641. The molecule has 0 radical (unpaired) electrons. The van der Waals surface area contributed by atoms with Gasteiger partial charge in [0.15, 0.2) is 0 Å². The normalized spacial score (nSPS) is 12.4. The highest BCUT2D eigenvalue weighted by atomic mass is 14.7. The van der Waals surface area contributed by atoms with E-state index < -0.39 is 0 Å². The molecule has 0 spiro atoms. The number of nitrogens with zero attached hydrogens (tertiary/aromatic N) is 2. The lowest BCUT2D eigenvalue weighted by atomic mass is 9.78. The van der Waals surface area contributed by atoms with Crippen LogP contribution < -0.4 is 0 Å². The van der Waals surface area contributed by atoms with Crippen LogP contribution in [-0.4, -0.2) is 12.4 Å². The van der Waals surface area contributed by atoms with Gasteiger partial charge in [0.05, 0.1) is 11.4 Å². The Kier molecular flexibility index (Phi) is 4.69. The molecule has 21 heavy (non-hydrogen) atoms. The van der Waals surface area contributed by atoms with Gasteiger partial charge in [0.1, 0.15) is 0 Å². The topological polar surface area (TPSA) is 24.7 Å². The summed E-state index contributed by atoms with van der Waals surface area (Å²) in [7, 11) is 0. The SMILES string of the molecule is CC=Nc1ccc(C(C)(C)c2ccc(N=CC)cc2)cc1. The first kappa shape index (κ1) is 15.2. The summed E-state index contributed by atoms with van der Waals surface area (Å²) in [4.78, 5) is 8.59. The van der Waals surface area contributed by atoms with E-state index in [0.29, 0.717) is 0 Å². The molecule has 0 aliphatic heterocycles. The molecule has 2 heteroatoms. The van der Waals surface area contributed by atoms with Gasteiger partial charge in [-0.1, -0.05) is 38.1 Å². The van der Waals surface area contributed by atoms with E-state index in [1.165, 1.54) is 11.1 Å². The van der Waals surface area contributed by atoms with Gasteiger partial charge in [-0.05, 0) is 49.2 Å². The van der Waals surface area contributed by atoms with E-state index in [-0.39, 0.29) is 5.41 Å². The Morgan fingerprint density at radius 1 is 0.667 bits per heavy atom. The van der Waals surface area contributed by atoms with Crippen LogP contribution in [0.25, 0.3) is 0 Å². The Balaban J connectivity index is 2.31. The zero-order valence-corrected chi connectivity index (χ0v) is 13.2. The zero-order chi connectivity index (χ0) is 15.3. The second-order valence-electron chi connectivity index (χ2n) is 5.49. The molecule has 0 aliphatic rings. The molecule has 0 N–H and O–H groups in total. The Morgan fingerprint density at radius 2 is 1.00 bits per heavy atom. The van der Waals surface area contributed by atoms with Crippen LogP contribution >= 0.6 is 0 Å². The number of hydrogen-bond donors (Lipinski definition) is 0. The monoisotopic (exact) mass is 278 g/mol. The van der Waals surface area contributed by atoms with Crippen LogP contribution in [0.1, 0.15) is 38.8 Å². The van der Waals surface area contributed by atoms with Crippen molar-refractivity contribution in [2.45, 2.75) is 33.1 Å². The summed E-state index contributed by atoms with van der Waals surface area (Å²) in [6.07, 6.45) is 3.63. The number of rotatable bonds is 4. The fourth-order valence-corrected chi connectivity index (χ4v) is 2.39. The highest BCUT2D eigenvalue weighted by Gasteiger charge is 2.22.